The molecule has 98 valence electrons. The predicted octanol–water partition coefficient (Wildman–Crippen LogP) is 3.58. The van der Waals surface area contributed by atoms with Crippen LogP contribution >= 0.6 is 15.9 Å². The van der Waals surface area contributed by atoms with Gasteiger partial charge in [0.15, 0.2) is 5.92 Å². The van der Waals surface area contributed by atoms with E-state index in [2.05, 4.69) is 15.9 Å². The Morgan fingerprint density at radius 1 is 1.39 bits per heavy atom. The minimum absolute atomic E-state index is 0.332. The van der Waals surface area contributed by atoms with Crippen LogP contribution in [0.1, 0.15) is 5.56 Å². The maximum Gasteiger partial charge on any atom is 0.405 e. The van der Waals surface area contributed by atoms with Crippen LogP contribution in [0.2, 0.25) is 0 Å². The van der Waals surface area contributed by atoms with Crippen molar-refractivity contribution < 1.29 is 13.2 Å². The van der Waals surface area contributed by atoms with E-state index in [1.807, 2.05) is 24.3 Å². The van der Waals surface area contributed by atoms with Gasteiger partial charge in [0.05, 0.1) is 6.07 Å². The minimum Gasteiger partial charge on any atom is -0.300 e. The van der Waals surface area contributed by atoms with Gasteiger partial charge < -0.3 is 4.90 Å². The molecule has 0 heterocycles. The molecule has 0 aromatic heterocycles. The topological polar surface area (TPSA) is 27.0 Å². The van der Waals surface area contributed by atoms with Gasteiger partial charge in [-0.25, -0.2) is 0 Å². The monoisotopic (exact) mass is 320 g/mol. The third-order valence-corrected chi connectivity index (χ3v) is 3.22. The molecular weight excluding hydrogens is 309 g/mol. The molecule has 0 saturated heterocycles. The second kappa shape index (κ2) is 6.21. The number of nitrogens with zero attached hydrogens (tertiary/aromatic N) is 2. The van der Waals surface area contributed by atoms with Crippen molar-refractivity contribution in [2.75, 3.05) is 13.6 Å². The molecule has 18 heavy (non-hydrogen) atoms. The summed E-state index contributed by atoms with van der Waals surface area (Å²) in [7, 11) is 1.56. The van der Waals surface area contributed by atoms with Gasteiger partial charge in [-0.1, -0.05) is 34.1 Å². The second-order valence-electron chi connectivity index (χ2n) is 4.01. The Labute approximate surface area is 112 Å². The summed E-state index contributed by atoms with van der Waals surface area (Å²) in [6.45, 7) is 0.0248. The molecule has 0 spiro atoms. The van der Waals surface area contributed by atoms with Crippen molar-refractivity contribution in [1.29, 1.82) is 5.26 Å². The zero-order chi connectivity index (χ0) is 13.8. The standard InChI is InChI=1S/C12H12BrF3N2/c1-18(8-10(6-17)12(14,15)16)7-9-4-2-3-5-11(9)13/h2-5,10H,7-8H2,1H3. The van der Waals surface area contributed by atoms with Crippen molar-refractivity contribution in [3.63, 3.8) is 0 Å². The van der Waals surface area contributed by atoms with E-state index in [9.17, 15) is 13.2 Å². The van der Waals surface area contributed by atoms with Crippen molar-refractivity contribution in [1.82, 2.24) is 4.90 Å². The van der Waals surface area contributed by atoms with Gasteiger partial charge >= 0.3 is 6.18 Å². The Hall–Kier alpha value is -1.06. The summed E-state index contributed by atoms with van der Waals surface area (Å²) >= 11 is 3.33. The summed E-state index contributed by atoms with van der Waals surface area (Å²) in [5.74, 6) is -1.95. The molecule has 1 rings (SSSR count). The highest BCUT2D eigenvalue weighted by Crippen LogP contribution is 2.27. The lowest BCUT2D eigenvalue weighted by atomic mass is 10.1. The molecule has 0 fully saturated rings. The first-order valence-electron chi connectivity index (χ1n) is 5.23. The van der Waals surface area contributed by atoms with Gasteiger partial charge in [0, 0.05) is 17.6 Å². The summed E-state index contributed by atoms with van der Waals surface area (Å²) in [4.78, 5) is 1.49. The Kier molecular flexibility index (Phi) is 5.17. The van der Waals surface area contributed by atoms with E-state index >= 15 is 0 Å². The van der Waals surface area contributed by atoms with E-state index in [1.165, 1.54) is 11.0 Å². The zero-order valence-electron chi connectivity index (χ0n) is 9.71. The maximum atomic E-state index is 12.4. The van der Waals surface area contributed by atoms with Crippen LogP contribution in [0.4, 0.5) is 13.2 Å². The van der Waals surface area contributed by atoms with Gasteiger partial charge in [-0.3, -0.25) is 0 Å². The molecule has 2 nitrogen and oxygen atoms in total. The molecule has 1 atom stereocenters. The maximum absolute atomic E-state index is 12.4. The number of benzene rings is 1. The van der Waals surface area contributed by atoms with Crippen molar-refractivity contribution in [3.8, 4) is 6.07 Å². The van der Waals surface area contributed by atoms with Crippen LogP contribution < -0.4 is 0 Å². The molecular formula is C12H12BrF3N2. The van der Waals surface area contributed by atoms with Crippen molar-refractivity contribution in [3.05, 3.63) is 34.3 Å². The lowest BCUT2D eigenvalue weighted by Gasteiger charge is -2.21. The lowest BCUT2D eigenvalue weighted by Crippen LogP contribution is -2.33. The second-order valence-corrected chi connectivity index (χ2v) is 4.87. The Bertz CT molecular complexity index is 440. The fraction of sp³-hybridized carbons (Fsp3) is 0.417. The molecule has 0 aliphatic carbocycles. The third kappa shape index (κ3) is 4.31. The molecule has 0 radical (unpaired) electrons. The zero-order valence-corrected chi connectivity index (χ0v) is 11.3. The average molecular weight is 321 g/mol. The number of alkyl halides is 3. The average Bonchev–Trinajstić information content (AvgIpc) is 2.27. The van der Waals surface area contributed by atoms with Gasteiger partial charge in [-0.2, -0.15) is 18.4 Å². The lowest BCUT2D eigenvalue weighted by molar-refractivity contribution is -0.162. The number of nitriles is 1. The largest absolute Gasteiger partial charge is 0.405 e. The summed E-state index contributed by atoms with van der Waals surface area (Å²) in [6, 6.07) is 8.61. The summed E-state index contributed by atoms with van der Waals surface area (Å²) in [5, 5.41) is 8.53. The highest BCUT2D eigenvalue weighted by Gasteiger charge is 2.40. The van der Waals surface area contributed by atoms with Crippen LogP contribution in [0.5, 0.6) is 0 Å². The number of hydrogen-bond donors (Lipinski definition) is 0. The molecule has 0 saturated carbocycles. The van der Waals surface area contributed by atoms with Crippen LogP contribution in [-0.2, 0) is 6.54 Å². The van der Waals surface area contributed by atoms with Gasteiger partial charge in [-0.15, -0.1) is 0 Å². The van der Waals surface area contributed by atoms with E-state index < -0.39 is 12.1 Å². The first kappa shape index (κ1) is 15.0. The van der Waals surface area contributed by atoms with Crippen LogP contribution in [0.15, 0.2) is 28.7 Å². The number of halogens is 4. The summed E-state index contributed by atoms with van der Waals surface area (Å²) in [5.41, 5.74) is 0.888. The van der Waals surface area contributed by atoms with E-state index in [0.717, 1.165) is 10.0 Å². The highest BCUT2D eigenvalue weighted by atomic mass is 79.9. The van der Waals surface area contributed by atoms with Gasteiger partial charge in [0.25, 0.3) is 0 Å². The Morgan fingerprint density at radius 3 is 2.50 bits per heavy atom. The molecule has 1 aromatic rings. The predicted molar refractivity (Wildman–Crippen MR) is 65.6 cm³/mol. The van der Waals surface area contributed by atoms with Gasteiger partial charge in [-0.05, 0) is 18.7 Å². The smallest absolute Gasteiger partial charge is 0.300 e. The number of rotatable bonds is 4. The van der Waals surface area contributed by atoms with Gasteiger partial charge in [0.2, 0.25) is 0 Å². The SMILES string of the molecule is CN(Cc1ccccc1Br)CC(C#N)C(F)(F)F. The first-order chi connectivity index (χ1) is 8.34. The van der Waals surface area contributed by atoms with Crippen molar-refractivity contribution in [2.45, 2.75) is 12.7 Å². The molecule has 0 aliphatic heterocycles. The summed E-state index contributed by atoms with van der Waals surface area (Å²) < 4.78 is 38.2. The van der Waals surface area contributed by atoms with Crippen LogP contribution in [0.25, 0.3) is 0 Å². The molecule has 0 aliphatic rings. The van der Waals surface area contributed by atoms with Crippen LogP contribution in [0.3, 0.4) is 0 Å². The molecule has 6 heteroatoms. The molecule has 1 aromatic carbocycles. The van der Waals surface area contributed by atoms with Crippen molar-refractivity contribution >= 4 is 15.9 Å². The van der Waals surface area contributed by atoms with E-state index in [0.29, 0.717) is 6.54 Å². The Morgan fingerprint density at radius 2 is 2.00 bits per heavy atom. The quantitative estimate of drug-likeness (QED) is 0.847. The van der Waals surface area contributed by atoms with Crippen LogP contribution in [-0.4, -0.2) is 24.7 Å². The third-order valence-electron chi connectivity index (χ3n) is 2.44. The van der Waals surface area contributed by atoms with E-state index in [-0.39, 0.29) is 6.54 Å². The van der Waals surface area contributed by atoms with E-state index in [1.54, 1.807) is 7.05 Å². The molecule has 1 unspecified atom stereocenters. The molecule has 0 bridgehead atoms. The first-order valence-corrected chi connectivity index (χ1v) is 6.02. The minimum atomic E-state index is -4.48. The normalized spacial score (nSPS) is 13.4. The van der Waals surface area contributed by atoms with Gasteiger partial charge in [0.1, 0.15) is 0 Å². The number of hydrogen-bond acceptors (Lipinski definition) is 2. The fourth-order valence-corrected chi connectivity index (χ4v) is 1.92. The summed E-state index contributed by atoms with van der Waals surface area (Å²) in [6.07, 6.45) is -4.48. The molecule has 0 amide bonds. The van der Waals surface area contributed by atoms with Crippen molar-refractivity contribution in [2.24, 2.45) is 5.92 Å². The highest BCUT2D eigenvalue weighted by molar-refractivity contribution is 9.10. The Balaban J connectivity index is 2.65. The van der Waals surface area contributed by atoms with Crippen LogP contribution in [0, 0.1) is 17.2 Å². The molecule has 0 N–H and O–H groups in total. The fourth-order valence-electron chi connectivity index (χ4n) is 1.51. The van der Waals surface area contributed by atoms with E-state index in [4.69, 9.17) is 5.26 Å².